The van der Waals surface area contributed by atoms with E-state index in [4.69, 9.17) is 0 Å². The van der Waals surface area contributed by atoms with E-state index in [0.717, 1.165) is 0 Å². The molecule has 0 aromatic carbocycles. The van der Waals surface area contributed by atoms with Gasteiger partial charge in [-0.15, -0.1) is 11.8 Å². The van der Waals surface area contributed by atoms with Gasteiger partial charge in [0.2, 0.25) is 5.91 Å². The Morgan fingerprint density at radius 3 is 2.79 bits per heavy atom. The SMILES string of the molecule is COC(=O)C1CSCN1C(=O)C(C)Br. The topological polar surface area (TPSA) is 46.6 Å². The summed E-state index contributed by atoms with van der Waals surface area (Å²) in [7, 11) is 1.34. The van der Waals surface area contributed by atoms with Crippen LogP contribution >= 0.6 is 27.7 Å². The molecule has 0 bridgehead atoms. The van der Waals surface area contributed by atoms with Gasteiger partial charge in [-0.1, -0.05) is 15.9 Å². The summed E-state index contributed by atoms with van der Waals surface area (Å²) >= 11 is 4.76. The number of amides is 1. The van der Waals surface area contributed by atoms with Crippen molar-refractivity contribution in [3.8, 4) is 0 Å². The molecule has 2 atom stereocenters. The number of methoxy groups -OCH3 is 1. The van der Waals surface area contributed by atoms with E-state index in [-0.39, 0.29) is 16.7 Å². The molecule has 0 radical (unpaired) electrons. The van der Waals surface area contributed by atoms with Gasteiger partial charge in [0.15, 0.2) is 0 Å². The van der Waals surface area contributed by atoms with E-state index >= 15 is 0 Å². The van der Waals surface area contributed by atoms with Crippen molar-refractivity contribution in [3.63, 3.8) is 0 Å². The number of ether oxygens (including phenoxy) is 1. The van der Waals surface area contributed by atoms with E-state index in [0.29, 0.717) is 11.6 Å². The van der Waals surface area contributed by atoms with Crippen molar-refractivity contribution >= 4 is 39.6 Å². The summed E-state index contributed by atoms with van der Waals surface area (Å²) in [5, 5.41) is 0. The highest BCUT2D eigenvalue weighted by Gasteiger charge is 2.36. The Kier molecular flexibility index (Phi) is 4.25. The number of hydrogen-bond acceptors (Lipinski definition) is 4. The van der Waals surface area contributed by atoms with Crippen LogP contribution in [-0.4, -0.2) is 46.4 Å². The van der Waals surface area contributed by atoms with Gasteiger partial charge in [-0.2, -0.15) is 0 Å². The fraction of sp³-hybridized carbons (Fsp3) is 0.750. The van der Waals surface area contributed by atoms with Gasteiger partial charge in [0, 0.05) is 5.75 Å². The predicted octanol–water partition coefficient (Wildman–Crippen LogP) is 0.844. The Morgan fingerprint density at radius 1 is 1.64 bits per heavy atom. The molecule has 0 aromatic heterocycles. The van der Waals surface area contributed by atoms with Gasteiger partial charge in [0.05, 0.1) is 17.8 Å². The molecular weight excluding hydrogens is 270 g/mol. The Morgan fingerprint density at radius 2 is 2.29 bits per heavy atom. The zero-order chi connectivity index (χ0) is 10.7. The van der Waals surface area contributed by atoms with Crippen molar-refractivity contribution in [1.29, 1.82) is 0 Å². The van der Waals surface area contributed by atoms with Crippen LogP contribution in [0.1, 0.15) is 6.92 Å². The van der Waals surface area contributed by atoms with Gasteiger partial charge in [-0.3, -0.25) is 4.79 Å². The van der Waals surface area contributed by atoms with E-state index in [9.17, 15) is 9.59 Å². The molecule has 1 aliphatic rings. The normalized spacial score (nSPS) is 23.4. The zero-order valence-corrected chi connectivity index (χ0v) is 10.4. The van der Waals surface area contributed by atoms with E-state index < -0.39 is 6.04 Å². The molecule has 1 heterocycles. The van der Waals surface area contributed by atoms with Crippen LogP contribution in [0.15, 0.2) is 0 Å². The van der Waals surface area contributed by atoms with Crippen molar-refractivity contribution in [2.45, 2.75) is 17.8 Å². The number of thioether (sulfide) groups is 1. The van der Waals surface area contributed by atoms with Crippen LogP contribution in [0.3, 0.4) is 0 Å². The number of esters is 1. The maximum atomic E-state index is 11.6. The number of halogens is 1. The van der Waals surface area contributed by atoms with Crippen LogP contribution in [0.25, 0.3) is 0 Å². The molecule has 0 saturated carbocycles. The predicted molar refractivity (Wildman–Crippen MR) is 58.4 cm³/mol. The van der Waals surface area contributed by atoms with Crippen molar-refractivity contribution in [1.82, 2.24) is 4.90 Å². The Balaban J connectivity index is 2.68. The fourth-order valence-electron chi connectivity index (χ4n) is 1.22. The zero-order valence-electron chi connectivity index (χ0n) is 8.03. The van der Waals surface area contributed by atoms with Gasteiger partial charge in [0.1, 0.15) is 6.04 Å². The maximum Gasteiger partial charge on any atom is 0.329 e. The van der Waals surface area contributed by atoms with Crippen molar-refractivity contribution in [3.05, 3.63) is 0 Å². The second-order valence-corrected chi connectivity index (χ2v) is 5.34. The standard InChI is InChI=1S/C8H12BrNO3S/c1-5(9)7(11)10-4-14-3-6(10)8(12)13-2/h5-6H,3-4H2,1-2H3. The molecule has 0 aromatic rings. The van der Waals surface area contributed by atoms with Crippen molar-refractivity contribution < 1.29 is 14.3 Å². The summed E-state index contributed by atoms with van der Waals surface area (Å²) in [6.45, 7) is 1.75. The molecule has 1 fully saturated rings. The van der Waals surface area contributed by atoms with E-state index in [1.165, 1.54) is 7.11 Å². The number of hydrogen-bond donors (Lipinski definition) is 0. The van der Waals surface area contributed by atoms with Crippen LogP contribution < -0.4 is 0 Å². The first-order valence-electron chi connectivity index (χ1n) is 4.18. The monoisotopic (exact) mass is 281 g/mol. The minimum atomic E-state index is -0.419. The first kappa shape index (κ1) is 11.8. The minimum absolute atomic E-state index is 0.0644. The maximum absolute atomic E-state index is 11.6. The molecule has 0 N–H and O–H groups in total. The quantitative estimate of drug-likeness (QED) is 0.556. The molecule has 2 unspecified atom stereocenters. The van der Waals surface area contributed by atoms with Gasteiger partial charge in [-0.05, 0) is 6.92 Å². The number of carbonyl (C=O) groups excluding carboxylic acids is 2. The molecule has 4 nitrogen and oxygen atoms in total. The minimum Gasteiger partial charge on any atom is -0.467 e. The highest BCUT2D eigenvalue weighted by atomic mass is 79.9. The summed E-state index contributed by atoms with van der Waals surface area (Å²) in [6, 6.07) is -0.419. The number of carbonyl (C=O) groups is 2. The van der Waals surface area contributed by atoms with E-state index in [1.807, 2.05) is 0 Å². The van der Waals surface area contributed by atoms with Gasteiger partial charge >= 0.3 is 5.97 Å². The average Bonchev–Trinajstić information content (AvgIpc) is 2.63. The summed E-state index contributed by atoms with van der Waals surface area (Å²) in [6.07, 6.45) is 0. The van der Waals surface area contributed by atoms with Crippen LogP contribution in [0.2, 0.25) is 0 Å². The van der Waals surface area contributed by atoms with Crippen molar-refractivity contribution in [2.75, 3.05) is 18.7 Å². The number of alkyl halides is 1. The molecule has 0 spiro atoms. The average molecular weight is 282 g/mol. The molecule has 1 amide bonds. The lowest BCUT2D eigenvalue weighted by atomic mass is 10.3. The Bertz CT molecular complexity index is 247. The smallest absolute Gasteiger partial charge is 0.329 e. The lowest BCUT2D eigenvalue weighted by Crippen LogP contribution is -2.44. The second kappa shape index (κ2) is 5.02. The fourth-order valence-corrected chi connectivity index (χ4v) is 2.63. The van der Waals surface area contributed by atoms with Gasteiger partial charge < -0.3 is 9.64 Å². The van der Waals surface area contributed by atoms with Gasteiger partial charge in [0.25, 0.3) is 0 Å². The molecule has 14 heavy (non-hydrogen) atoms. The number of nitrogens with zero attached hydrogens (tertiary/aromatic N) is 1. The molecule has 1 saturated heterocycles. The lowest BCUT2D eigenvalue weighted by Gasteiger charge is -2.22. The Hall–Kier alpha value is -0.230. The second-order valence-electron chi connectivity index (χ2n) is 2.96. The third-order valence-electron chi connectivity index (χ3n) is 1.98. The first-order valence-corrected chi connectivity index (χ1v) is 6.25. The first-order chi connectivity index (χ1) is 6.57. The largest absolute Gasteiger partial charge is 0.467 e. The summed E-state index contributed by atoms with van der Waals surface area (Å²) in [5.74, 6) is 0.786. The van der Waals surface area contributed by atoms with Crippen LogP contribution in [0, 0.1) is 0 Å². The molecular formula is C8H12BrNO3S. The highest BCUT2D eigenvalue weighted by molar-refractivity contribution is 9.10. The summed E-state index contributed by atoms with van der Waals surface area (Å²) in [4.78, 5) is 24.2. The van der Waals surface area contributed by atoms with Crippen molar-refractivity contribution in [2.24, 2.45) is 0 Å². The lowest BCUT2D eigenvalue weighted by molar-refractivity contribution is -0.150. The summed E-state index contributed by atoms with van der Waals surface area (Å²) < 4.78 is 4.63. The van der Waals surface area contributed by atoms with E-state index in [2.05, 4.69) is 20.7 Å². The van der Waals surface area contributed by atoms with Crippen LogP contribution in [0.4, 0.5) is 0 Å². The molecule has 80 valence electrons. The molecule has 1 aliphatic heterocycles. The van der Waals surface area contributed by atoms with Gasteiger partial charge in [-0.25, -0.2) is 4.79 Å². The summed E-state index contributed by atoms with van der Waals surface area (Å²) in [5.41, 5.74) is 0. The third kappa shape index (κ3) is 2.42. The van der Waals surface area contributed by atoms with Crippen LogP contribution in [-0.2, 0) is 14.3 Å². The number of rotatable bonds is 2. The van der Waals surface area contributed by atoms with Crippen LogP contribution in [0.5, 0.6) is 0 Å². The molecule has 6 heteroatoms. The third-order valence-corrected chi connectivity index (χ3v) is 3.38. The Labute approximate surface area is 95.5 Å². The molecule has 0 aliphatic carbocycles. The molecule has 1 rings (SSSR count). The van der Waals surface area contributed by atoms with E-state index in [1.54, 1.807) is 23.6 Å². The highest BCUT2D eigenvalue weighted by Crippen LogP contribution is 2.23.